The topological polar surface area (TPSA) is 23.5 Å². The van der Waals surface area contributed by atoms with Gasteiger partial charge in [0.15, 0.2) is 0 Å². The molecule has 2 heteroatoms. The molecule has 0 radical (unpaired) electrons. The smallest absolute Gasteiger partial charge is 0.0705 e. The van der Waals surface area contributed by atoms with Crippen molar-refractivity contribution in [2.75, 3.05) is 0 Å². The zero-order valence-corrected chi connectivity index (χ0v) is 12.9. The fourth-order valence-corrected chi connectivity index (χ4v) is 4.89. The first-order valence-electron chi connectivity index (χ1n) is 8.77. The molecule has 1 aromatic carbocycles. The summed E-state index contributed by atoms with van der Waals surface area (Å²) < 4.78 is 0. The molecular formula is C19H27NO. The van der Waals surface area contributed by atoms with Gasteiger partial charge in [0.05, 0.1) is 5.60 Å². The van der Waals surface area contributed by atoms with Crippen LogP contribution in [0.2, 0.25) is 0 Å². The molecule has 21 heavy (non-hydrogen) atoms. The molecule has 114 valence electrons. The van der Waals surface area contributed by atoms with Gasteiger partial charge in [0.25, 0.3) is 0 Å². The van der Waals surface area contributed by atoms with Crippen LogP contribution < -0.4 is 0 Å². The molecule has 0 spiro atoms. The van der Waals surface area contributed by atoms with Gasteiger partial charge in [0, 0.05) is 18.6 Å². The number of aliphatic hydroxyl groups is 1. The van der Waals surface area contributed by atoms with Crippen LogP contribution >= 0.6 is 0 Å². The summed E-state index contributed by atoms with van der Waals surface area (Å²) in [7, 11) is 0. The summed E-state index contributed by atoms with van der Waals surface area (Å²) in [6.45, 7) is 1.07. The molecule has 2 unspecified atom stereocenters. The number of benzene rings is 1. The third-order valence-electron chi connectivity index (χ3n) is 6.26. The summed E-state index contributed by atoms with van der Waals surface area (Å²) in [5, 5.41) is 11.2. The Morgan fingerprint density at radius 2 is 1.57 bits per heavy atom. The number of rotatable bonds is 3. The van der Waals surface area contributed by atoms with E-state index >= 15 is 0 Å². The first-order chi connectivity index (χ1) is 10.2. The second-order valence-electron chi connectivity index (χ2n) is 7.54. The van der Waals surface area contributed by atoms with E-state index in [4.69, 9.17) is 0 Å². The Kier molecular flexibility index (Phi) is 3.55. The zero-order chi connectivity index (χ0) is 14.3. The molecule has 1 N–H and O–H groups in total. The number of piperidine rings is 2. The van der Waals surface area contributed by atoms with E-state index in [0.717, 1.165) is 19.4 Å². The van der Waals surface area contributed by atoms with Crippen LogP contribution in [0.25, 0.3) is 0 Å². The SMILES string of the molecule is OC1(C2CCC2)CC2CCCC(C1)N2Cc1ccccc1. The van der Waals surface area contributed by atoms with Crippen LogP contribution in [0.4, 0.5) is 0 Å². The maximum atomic E-state index is 11.2. The van der Waals surface area contributed by atoms with Crippen molar-refractivity contribution in [3.63, 3.8) is 0 Å². The van der Waals surface area contributed by atoms with Gasteiger partial charge in [-0.2, -0.15) is 0 Å². The highest BCUT2D eigenvalue weighted by molar-refractivity contribution is 5.16. The van der Waals surface area contributed by atoms with Crippen LogP contribution in [0.1, 0.15) is 56.9 Å². The second kappa shape index (κ2) is 5.40. The Morgan fingerprint density at radius 3 is 2.14 bits per heavy atom. The Hall–Kier alpha value is -0.860. The summed E-state index contributed by atoms with van der Waals surface area (Å²) in [6, 6.07) is 12.0. The van der Waals surface area contributed by atoms with E-state index in [9.17, 15) is 5.11 Å². The van der Waals surface area contributed by atoms with Crippen LogP contribution in [0.5, 0.6) is 0 Å². The molecule has 0 amide bonds. The van der Waals surface area contributed by atoms with Crippen LogP contribution in [0, 0.1) is 5.92 Å². The normalized spacial score (nSPS) is 37.2. The second-order valence-corrected chi connectivity index (χ2v) is 7.54. The highest BCUT2D eigenvalue weighted by Crippen LogP contribution is 2.48. The quantitative estimate of drug-likeness (QED) is 0.914. The van der Waals surface area contributed by atoms with E-state index in [0.29, 0.717) is 18.0 Å². The Bertz CT molecular complexity index is 468. The number of hydrogen-bond acceptors (Lipinski definition) is 2. The standard InChI is InChI=1S/C19H27NO/c21-19(16-8-4-9-16)12-17-10-5-11-18(13-19)20(17)14-15-6-2-1-3-7-15/h1-3,6-7,16-18,21H,4-5,8-14H2. The first kappa shape index (κ1) is 13.8. The third kappa shape index (κ3) is 2.53. The molecule has 2 aliphatic heterocycles. The van der Waals surface area contributed by atoms with E-state index in [1.807, 2.05) is 0 Å². The molecule has 1 saturated carbocycles. The van der Waals surface area contributed by atoms with Gasteiger partial charge in [-0.05, 0) is 50.0 Å². The highest BCUT2D eigenvalue weighted by Gasteiger charge is 2.50. The van der Waals surface area contributed by atoms with Crippen molar-refractivity contribution < 1.29 is 5.11 Å². The molecule has 2 bridgehead atoms. The lowest BCUT2D eigenvalue weighted by atomic mass is 9.63. The first-order valence-corrected chi connectivity index (χ1v) is 8.77. The summed E-state index contributed by atoms with van der Waals surface area (Å²) >= 11 is 0. The molecule has 2 heterocycles. The van der Waals surface area contributed by atoms with Gasteiger partial charge in [-0.3, -0.25) is 4.90 Å². The van der Waals surface area contributed by atoms with E-state index in [2.05, 4.69) is 35.2 Å². The molecule has 3 fully saturated rings. The van der Waals surface area contributed by atoms with Crippen molar-refractivity contribution in [3.8, 4) is 0 Å². The Labute approximate surface area is 128 Å². The summed E-state index contributed by atoms with van der Waals surface area (Å²) in [6.07, 6.45) is 9.78. The molecule has 2 atom stereocenters. The number of fused-ring (bicyclic) bond motifs is 2. The van der Waals surface area contributed by atoms with Gasteiger partial charge in [0.2, 0.25) is 0 Å². The fourth-order valence-electron chi connectivity index (χ4n) is 4.89. The number of hydrogen-bond donors (Lipinski definition) is 1. The van der Waals surface area contributed by atoms with Crippen LogP contribution in [-0.2, 0) is 6.54 Å². The predicted molar refractivity (Wildman–Crippen MR) is 84.9 cm³/mol. The monoisotopic (exact) mass is 285 g/mol. The van der Waals surface area contributed by atoms with Gasteiger partial charge in [0.1, 0.15) is 0 Å². The fraction of sp³-hybridized carbons (Fsp3) is 0.684. The molecule has 1 aromatic rings. The van der Waals surface area contributed by atoms with Crippen LogP contribution in [0.3, 0.4) is 0 Å². The molecule has 3 aliphatic rings. The minimum absolute atomic E-state index is 0.346. The van der Waals surface area contributed by atoms with Crippen molar-refractivity contribution in [3.05, 3.63) is 35.9 Å². The third-order valence-corrected chi connectivity index (χ3v) is 6.26. The van der Waals surface area contributed by atoms with E-state index in [1.165, 1.54) is 44.1 Å². The van der Waals surface area contributed by atoms with Gasteiger partial charge in [-0.25, -0.2) is 0 Å². The van der Waals surface area contributed by atoms with Crippen molar-refractivity contribution in [2.45, 2.75) is 75.6 Å². The highest BCUT2D eigenvalue weighted by atomic mass is 16.3. The maximum absolute atomic E-state index is 11.2. The Morgan fingerprint density at radius 1 is 0.952 bits per heavy atom. The minimum Gasteiger partial charge on any atom is -0.389 e. The van der Waals surface area contributed by atoms with Crippen molar-refractivity contribution in [1.29, 1.82) is 0 Å². The van der Waals surface area contributed by atoms with E-state index in [1.54, 1.807) is 0 Å². The largest absolute Gasteiger partial charge is 0.389 e. The summed E-state index contributed by atoms with van der Waals surface area (Å²) in [5.41, 5.74) is 1.07. The average Bonchev–Trinajstić information content (AvgIpc) is 2.39. The lowest BCUT2D eigenvalue weighted by Crippen LogP contribution is -2.60. The molecule has 2 saturated heterocycles. The summed E-state index contributed by atoms with van der Waals surface area (Å²) in [4.78, 5) is 2.70. The van der Waals surface area contributed by atoms with E-state index in [-0.39, 0.29) is 5.60 Å². The Balaban J connectivity index is 1.51. The molecule has 1 aliphatic carbocycles. The van der Waals surface area contributed by atoms with Crippen LogP contribution in [0.15, 0.2) is 30.3 Å². The zero-order valence-electron chi connectivity index (χ0n) is 12.9. The van der Waals surface area contributed by atoms with Gasteiger partial charge < -0.3 is 5.11 Å². The van der Waals surface area contributed by atoms with Crippen molar-refractivity contribution in [2.24, 2.45) is 5.92 Å². The molecule has 2 nitrogen and oxygen atoms in total. The summed E-state index contributed by atoms with van der Waals surface area (Å²) in [5.74, 6) is 0.597. The average molecular weight is 285 g/mol. The maximum Gasteiger partial charge on any atom is 0.0705 e. The van der Waals surface area contributed by atoms with Gasteiger partial charge >= 0.3 is 0 Å². The molecular weight excluding hydrogens is 258 g/mol. The minimum atomic E-state index is -0.346. The predicted octanol–water partition coefficient (Wildman–Crippen LogP) is 3.73. The molecule has 0 aromatic heterocycles. The van der Waals surface area contributed by atoms with Gasteiger partial charge in [-0.1, -0.05) is 43.2 Å². The van der Waals surface area contributed by atoms with Crippen molar-refractivity contribution >= 4 is 0 Å². The number of nitrogens with zero attached hydrogens (tertiary/aromatic N) is 1. The van der Waals surface area contributed by atoms with E-state index < -0.39 is 0 Å². The van der Waals surface area contributed by atoms with Crippen molar-refractivity contribution in [1.82, 2.24) is 4.90 Å². The lowest BCUT2D eigenvalue weighted by Gasteiger charge is -2.56. The van der Waals surface area contributed by atoms with Gasteiger partial charge in [-0.15, -0.1) is 0 Å². The lowest BCUT2D eigenvalue weighted by molar-refractivity contribution is -0.141. The van der Waals surface area contributed by atoms with Crippen LogP contribution in [-0.4, -0.2) is 27.7 Å². The molecule has 4 rings (SSSR count).